The molecule has 5 nitrogen and oxygen atoms in total. The second-order valence-electron chi connectivity index (χ2n) is 5.39. The van der Waals surface area contributed by atoms with Gasteiger partial charge in [-0.05, 0) is 48.5 Å². The molecule has 1 amide bonds. The first kappa shape index (κ1) is 18.0. The number of halogens is 2. The molecule has 0 aliphatic rings. The highest BCUT2D eigenvalue weighted by Crippen LogP contribution is 2.26. The predicted octanol–water partition coefficient (Wildman–Crippen LogP) is 5.39. The molecular formula is C19H15Cl2N3O2. The van der Waals surface area contributed by atoms with E-state index in [9.17, 15) is 4.79 Å². The molecule has 0 bridgehead atoms. The van der Waals surface area contributed by atoms with Gasteiger partial charge in [-0.25, -0.2) is 0 Å². The Bertz CT molecular complexity index is 930. The van der Waals surface area contributed by atoms with Gasteiger partial charge >= 0.3 is 0 Å². The van der Waals surface area contributed by atoms with Crippen LogP contribution < -0.4 is 15.4 Å². The van der Waals surface area contributed by atoms with E-state index in [0.717, 1.165) is 11.4 Å². The number of carbonyl (C=O) groups excluding carboxylic acids is 1. The summed E-state index contributed by atoms with van der Waals surface area (Å²) < 4.78 is 5.13. The summed E-state index contributed by atoms with van der Waals surface area (Å²) in [5.74, 6) is 0.446. The van der Waals surface area contributed by atoms with Crippen LogP contribution in [0.25, 0.3) is 0 Å². The third-order valence-electron chi connectivity index (χ3n) is 3.56. The summed E-state index contributed by atoms with van der Waals surface area (Å²) in [6.07, 6.45) is 3.12. The first-order valence-electron chi connectivity index (χ1n) is 7.67. The Kier molecular flexibility index (Phi) is 5.61. The highest BCUT2D eigenvalue weighted by Gasteiger charge is 2.10. The van der Waals surface area contributed by atoms with E-state index in [1.807, 2.05) is 24.3 Å². The number of carbonyl (C=O) groups is 1. The molecule has 0 spiro atoms. The minimum atomic E-state index is -0.319. The third kappa shape index (κ3) is 4.45. The van der Waals surface area contributed by atoms with Gasteiger partial charge in [-0.15, -0.1) is 0 Å². The number of pyridine rings is 1. The molecule has 26 heavy (non-hydrogen) atoms. The summed E-state index contributed by atoms with van der Waals surface area (Å²) in [6.45, 7) is 0. The summed E-state index contributed by atoms with van der Waals surface area (Å²) in [4.78, 5) is 16.6. The monoisotopic (exact) mass is 387 g/mol. The van der Waals surface area contributed by atoms with Crippen LogP contribution in [0.3, 0.4) is 0 Å². The van der Waals surface area contributed by atoms with Crippen LogP contribution in [0.4, 0.5) is 17.1 Å². The van der Waals surface area contributed by atoms with Crippen molar-refractivity contribution < 1.29 is 9.53 Å². The number of hydrogen-bond donors (Lipinski definition) is 2. The lowest BCUT2D eigenvalue weighted by Gasteiger charge is -2.10. The van der Waals surface area contributed by atoms with Crippen molar-refractivity contribution in [2.45, 2.75) is 0 Å². The van der Waals surface area contributed by atoms with E-state index >= 15 is 0 Å². The number of aromatic nitrogens is 1. The quantitative estimate of drug-likeness (QED) is 0.615. The normalized spacial score (nSPS) is 10.3. The molecule has 0 unspecified atom stereocenters. The van der Waals surface area contributed by atoms with Crippen molar-refractivity contribution in [2.24, 2.45) is 0 Å². The van der Waals surface area contributed by atoms with Crippen molar-refractivity contribution in [3.63, 3.8) is 0 Å². The zero-order valence-corrected chi connectivity index (χ0v) is 15.3. The zero-order valence-electron chi connectivity index (χ0n) is 13.8. The molecule has 1 aromatic heterocycles. The molecule has 7 heteroatoms. The lowest BCUT2D eigenvalue weighted by molar-refractivity contribution is 0.102. The van der Waals surface area contributed by atoms with E-state index in [1.54, 1.807) is 37.6 Å². The van der Waals surface area contributed by atoms with Crippen LogP contribution in [-0.2, 0) is 0 Å². The Balaban J connectivity index is 1.74. The number of benzene rings is 2. The van der Waals surface area contributed by atoms with Gasteiger partial charge in [0.25, 0.3) is 5.91 Å². The topological polar surface area (TPSA) is 63.2 Å². The summed E-state index contributed by atoms with van der Waals surface area (Å²) in [7, 11) is 1.61. The Morgan fingerprint density at radius 3 is 2.46 bits per heavy atom. The lowest BCUT2D eigenvalue weighted by atomic mass is 10.2. The van der Waals surface area contributed by atoms with Gasteiger partial charge in [-0.2, -0.15) is 0 Å². The standard InChI is InChI=1S/C19H15Cl2N3O2/c1-26-16-5-3-14(4-6-16)23-15-8-12(10-22-11-15)19(25)24-18-7-2-13(20)9-17(18)21/h2-11,23H,1H3,(H,24,25). The Morgan fingerprint density at radius 1 is 1.00 bits per heavy atom. The highest BCUT2D eigenvalue weighted by atomic mass is 35.5. The molecule has 0 fully saturated rings. The van der Waals surface area contributed by atoms with Crippen LogP contribution in [0.2, 0.25) is 10.0 Å². The van der Waals surface area contributed by atoms with Gasteiger partial charge in [-0.1, -0.05) is 23.2 Å². The predicted molar refractivity (Wildman–Crippen MR) is 105 cm³/mol. The first-order valence-corrected chi connectivity index (χ1v) is 8.43. The van der Waals surface area contributed by atoms with Gasteiger partial charge in [0.1, 0.15) is 5.75 Å². The maximum Gasteiger partial charge on any atom is 0.257 e. The molecule has 132 valence electrons. The van der Waals surface area contributed by atoms with Gasteiger partial charge in [0, 0.05) is 16.9 Å². The van der Waals surface area contributed by atoms with E-state index in [2.05, 4.69) is 15.6 Å². The number of amides is 1. The van der Waals surface area contributed by atoms with Gasteiger partial charge in [0.05, 0.1) is 35.3 Å². The molecular weight excluding hydrogens is 373 g/mol. The second kappa shape index (κ2) is 8.08. The van der Waals surface area contributed by atoms with Crippen LogP contribution in [0.15, 0.2) is 60.9 Å². The van der Waals surface area contributed by atoms with Crippen molar-refractivity contribution in [1.29, 1.82) is 0 Å². The summed E-state index contributed by atoms with van der Waals surface area (Å²) in [5, 5.41) is 6.80. The van der Waals surface area contributed by atoms with Crippen molar-refractivity contribution in [3.8, 4) is 5.75 Å². The fraction of sp³-hybridized carbons (Fsp3) is 0.0526. The number of nitrogens with one attached hydrogen (secondary N) is 2. The minimum Gasteiger partial charge on any atom is -0.497 e. The second-order valence-corrected chi connectivity index (χ2v) is 6.24. The van der Waals surface area contributed by atoms with Crippen molar-refractivity contribution in [2.75, 3.05) is 17.7 Å². The molecule has 2 N–H and O–H groups in total. The molecule has 3 aromatic rings. The highest BCUT2D eigenvalue weighted by molar-refractivity contribution is 6.36. The van der Waals surface area contributed by atoms with Crippen LogP contribution in [0.1, 0.15) is 10.4 Å². The number of methoxy groups -OCH3 is 1. The zero-order chi connectivity index (χ0) is 18.5. The average molecular weight is 388 g/mol. The Morgan fingerprint density at radius 2 is 1.77 bits per heavy atom. The SMILES string of the molecule is COc1ccc(Nc2cncc(C(=O)Nc3ccc(Cl)cc3Cl)c2)cc1. The average Bonchev–Trinajstić information content (AvgIpc) is 2.65. The van der Waals surface area contributed by atoms with Gasteiger partial charge in [-0.3, -0.25) is 9.78 Å². The molecule has 1 heterocycles. The van der Waals surface area contributed by atoms with Gasteiger partial charge in [0.15, 0.2) is 0 Å². The minimum absolute atomic E-state index is 0.319. The maximum atomic E-state index is 12.5. The lowest BCUT2D eigenvalue weighted by Crippen LogP contribution is -2.12. The molecule has 3 rings (SSSR count). The van der Waals surface area contributed by atoms with Gasteiger partial charge in [0.2, 0.25) is 0 Å². The summed E-state index contributed by atoms with van der Waals surface area (Å²) in [5.41, 5.74) is 2.42. The van der Waals surface area contributed by atoms with E-state index in [4.69, 9.17) is 27.9 Å². The van der Waals surface area contributed by atoms with Crippen molar-refractivity contribution >= 4 is 46.2 Å². The molecule has 0 atom stereocenters. The number of anilines is 3. The van der Waals surface area contributed by atoms with Crippen LogP contribution in [0.5, 0.6) is 5.75 Å². The number of rotatable bonds is 5. The first-order chi connectivity index (χ1) is 12.5. The van der Waals surface area contributed by atoms with Gasteiger partial charge < -0.3 is 15.4 Å². The summed E-state index contributed by atoms with van der Waals surface area (Å²) >= 11 is 12.0. The fourth-order valence-corrected chi connectivity index (χ4v) is 2.71. The molecule has 0 aliphatic heterocycles. The van der Waals surface area contributed by atoms with E-state index in [-0.39, 0.29) is 5.91 Å². The largest absolute Gasteiger partial charge is 0.497 e. The Labute approximate surface area is 160 Å². The maximum absolute atomic E-state index is 12.5. The molecule has 2 aromatic carbocycles. The summed E-state index contributed by atoms with van der Waals surface area (Å²) in [6, 6.07) is 14.0. The van der Waals surface area contributed by atoms with E-state index in [1.165, 1.54) is 6.20 Å². The van der Waals surface area contributed by atoms with E-state index in [0.29, 0.717) is 27.0 Å². The smallest absolute Gasteiger partial charge is 0.257 e. The molecule has 0 aliphatic carbocycles. The van der Waals surface area contributed by atoms with Crippen molar-refractivity contribution in [3.05, 3.63) is 76.5 Å². The van der Waals surface area contributed by atoms with E-state index < -0.39 is 0 Å². The molecule has 0 radical (unpaired) electrons. The fourth-order valence-electron chi connectivity index (χ4n) is 2.26. The van der Waals surface area contributed by atoms with Crippen LogP contribution in [-0.4, -0.2) is 18.0 Å². The Hall–Kier alpha value is -2.76. The number of hydrogen-bond acceptors (Lipinski definition) is 4. The molecule has 0 saturated heterocycles. The number of nitrogens with zero attached hydrogens (tertiary/aromatic N) is 1. The van der Waals surface area contributed by atoms with Crippen LogP contribution in [0, 0.1) is 0 Å². The third-order valence-corrected chi connectivity index (χ3v) is 4.11. The number of ether oxygens (including phenoxy) is 1. The molecule has 0 saturated carbocycles. The van der Waals surface area contributed by atoms with Crippen LogP contribution >= 0.6 is 23.2 Å². The van der Waals surface area contributed by atoms with Crippen molar-refractivity contribution in [1.82, 2.24) is 4.98 Å².